The fraction of sp³-hybridized carbons (Fsp3) is 1.00. The van der Waals surface area contributed by atoms with Crippen molar-refractivity contribution in [3.05, 3.63) is 0 Å². The third kappa shape index (κ3) is 1.81. The van der Waals surface area contributed by atoms with Crippen molar-refractivity contribution in [2.24, 2.45) is 5.92 Å². The van der Waals surface area contributed by atoms with Crippen molar-refractivity contribution in [1.82, 2.24) is 15.1 Å². The van der Waals surface area contributed by atoms with Crippen LogP contribution < -0.4 is 5.32 Å². The zero-order valence-electron chi connectivity index (χ0n) is 9.78. The molecule has 0 aromatic rings. The second-order valence-electron chi connectivity index (χ2n) is 5.53. The van der Waals surface area contributed by atoms with E-state index in [1.54, 1.807) is 0 Å². The highest BCUT2D eigenvalue weighted by Gasteiger charge is 2.39. The highest BCUT2D eigenvalue weighted by atomic mass is 15.3. The molecule has 4 saturated heterocycles. The van der Waals surface area contributed by atoms with Gasteiger partial charge in [-0.3, -0.25) is 9.80 Å². The van der Waals surface area contributed by atoms with E-state index in [2.05, 4.69) is 22.2 Å². The van der Waals surface area contributed by atoms with Gasteiger partial charge in [-0.2, -0.15) is 0 Å². The molecule has 4 aliphatic heterocycles. The molecule has 0 spiro atoms. The van der Waals surface area contributed by atoms with Gasteiger partial charge in [0.15, 0.2) is 0 Å². The Bertz CT molecular complexity index is 223. The fourth-order valence-electron chi connectivity index (χ4n) is 3.67. The molecule has 3 heteroatoms. The molecule has 2 atom stereocenters. The first-order chi connectivity index (χ1) is 7.34. The summed E-state index contributed by atoms with van der Waals surface area (Å²) in [6, 6.07) is 1.61. The van der Waals surface area contributed by atoms with E-state index in [1.807, 2.05) is 0 Å². The maximum Gasteiger partial charge on any atom is 0.0373 e. The van der Waals surface area contributed by atoms with E-state index in [-0.39, 0.29) is 0 Å². The number of piperidine rings is 3. The number of rotatable bonds is 1. The smallest absolute Gasteiger partial charge is 0.0373 e. The number of fused-ring (bicyclic) bond motifs is 3. The molecule has 3 nitrogen and oxygen atoms in total. The Hall–Kier alpha value is -0.120. The Morgan fingerprint density at radius 3 is 2.47 bits per heavy atom. The van der Waals surface area contributed by atoms with Crippen LogP contribution in [0.5, 0.6) is 0 Å². The highest BCUT2D eigenvalue weighted by molar-refractivity contribution is 4.96. The summed E-state index contributed by atoms with van der Waals surface area (Å²) in [5.74, 6) is 1.04. The molecule has 0 aromatic heterocycles. The second-order valence-corrected chi connectivity index (χ2v) is 5.53. The molecule has 4 fully saturated rings. The Kier molecular flexibility index (Phi) is 2.71. The van der Waals surface area contributed by atoms with Gasteiger partial charge in [-0.25, -0.2) is 0 Å². The van der Waals surface area contributed by atoms with E-state index in [1.165, 1.54) is 52.0 Å². The largest absolute Gasteiger partial charge is 0.314 e. The quantitative estimate of drug-likeness (QED) is 0.673. The van der Waals surface area contributed by atoms with Crippen LogP contribution in [0, 0.1) is 5.92 Å². The number of hydrogen-bond donors (Lipinski definition) is 1. The number of piperazine rings is 1. The number of likely N-dealkylation sites (N-methyl/N-ethyl adjacent to an activating group) is 1. The standard InChI is InChI=1S/C12H23N3/c1-14-7-4-13-9-12(14)11-8-10-2-5-15(11)6-3-10/h10-13H,2-9H2,1H3. The van der Waals surface area contributed by atoms with Crippen molar-refractivity contribution >= 4 is 0 Å². The summed E-state index contributed by atoms with van der Waals surface area (Å²) in [7, 11) is 2.30. The molecular weight excluding hydrogens is 186 g/mol. The van der Waals surface area contributed by atoms with Gasteiger partial charge >= 0.3 is 0 Å². The molecule has 4 aliphatic rings. The maximum atomic E-state index is 3.55. The molecule has 2 bridgehead atoms. The van der Waals surface area contributed by atoms with Crippen molar-refractivity contribution in [2.45, 2.75) is 31.3 Å². The van der Waals surface area contributed by atoms with Gasteiger partial charge < -0.3 is 5.32 Å². The van der Waals surface area contributed by atoms with E-state index in [4.69, 9.17) is 0 Å². The normalized spacial score (nSPS) is 47.0. The monoisotopic (exact) mass is 209 g/mol. The van der Waals surface area contributed by atoms with Gasteiger partial charge in [-0.15, -0.1) is 0 Å². The zero-order chi connectivity index (χ0) is 10.3. The van der Waals surface area contributed by atoms with Crippen molar-refractivity contribution in [1.29, 1.82) is 0 Å². The fourth-order valence-corrected chi connectivity index (χ4v) is 3.67. The summed E-state index contributed by atoms with van der Waals surface area (Å²) >= 11 is 0. The predicted octanol–water partition coefficient (Wildman–Crippen LogP) is 0.374. The third-order valence-electron chi connectivity index (χ3n) is 4.70. The summed E-state index contributed by atoms with van der Waals surface area (Å²) in [6.45, 7) is 6.31. The van der Waals surface area contributed by atoms with Crippen molar-refractivity contribution in [3.8, 4) is 0 Å². The van der Waals surface area contributed by atoms with Crippen LogP contribution in [0.4, 0.5) is 0 Å². The van der Waals surface area contributed by atoms with Gasteiger partial charge in [0.2, 0.25) is 0 Å². The van der Waals surface area contributed by atoms with Crippen molar-refractivity contribution < 1.29 is 0 Å². The third-order valence-corrected chi connectivity index (χ3v) is 4.70. The SMILES string of the molecule is CN1CCNCC1C1CC2CCN1CC2. The van der Waals surface area contributed by atoms with Crippen LogP contribution in [0.1, 0.15) is 19.3 Å². The first-order valence-electron chi connectivity index (χ1n) is 6.49. The minimum atomic E-state index is 0.766. The summed E-state index contributed by atoms with van der Waals surface area (Å²) in [5.41, 5.74) is 0. The van der Waals surface area contributed by atoms with E-state index in [9.17, 15) is 0 Å². The van der Waals surface area contributed by atoms with Crippen molar-refractivity contribution in [2.75, 3.05) is 39.8 Å². The molecule has 0 aromatic carbocycles. The highest BCUT2D eigenvalue weighted by Crippen LogP contribution is 2.34. The average molecular weight is 209 g/mol. The van der Waals surface area contributed by atoms with Crippen LogP contribution in [0.15, 0.2) is 0 Å². The molecule has 4 heterocycles. The molecule has 4 rings (SSSR count). The van der Waals surface area contributed by atoms with E-state index >= 15 is 0 Å². The van der Waals surface area contributed by atoms with Gasteiger partial charge in [-0.05, 0) is 45.3 Å². The molecule has 86 valence electrons. The Morgan fingerprint density at radius 1 is 1.07 bits per heavy atom. The van der Waals surface area contributed by atoms with Gasteiger partial charge in [0.25, 0.3) is 0 Å². The van der Waals surface area contributed by atoms with Crippen LogP contribution >= 0.6 is 0 Å². The van der Waals surface area contributed by atoms with Crippen LogP contribution in [-0.2, 0) is 0 Å². The lowest BCUT2D eigenvalue weighted by molar-refractivity contribution is -0.00597. The molecule has 15 heavy (non-hydrogen) atoms. The number of hydrogen-bond acceptors (Lipinski definition) is 3. The van der Waals surface area contributed by atoms with Crippen LogP contribution in [-0.4, -0.2) is 61.7 Å². The second kappa shape index (κ2) is 4.04. The summed E-state index contributed by atoms with van der Waals surface area (Å²) < 4.78 is 0. The van der Waals surface area contributed by atoms with Crippen LogP contribution in [0.2, 0.25) is 0 Å². The summed E-state index contributed by atoms with van der Waals surface area (Å²) in [6.07, 6.45) is 4.37. The van der Waals surface area contributed by atoms with Crippen molar-refractivity contribution in [3.63, 3.8) is 0 Å². The summed E-state index contributed by atoms with van der Waals surface area (Å²) in [5, 5.41) is 3.55. The van der Waals surface area contributed by atoms with E-state index in [0.29, 0.717) is 0 Å². The van der Waals surface area contributed by atoms with Gasteiger partial charge in [-0.1, -0.05) is 0 Å². The minimum absolute atomic E-state index is 0.766. The molecule has 0 amide bonds. The number of nitrogens with zero attached hydrogens (tertiary/aromatic N) is 2. The molecule has 0 radical (unpaired) electrons. The van der Waals surface area contributed by atoms with Gasteiger partial charge in [0.1, 0.15) is 0 Å². The Balaban J connectivity index is 1.70. The maximum absolute atomic E-state index is 3.55. The minimum Gasteiger partial charge on any atom is -0.314 e. The van der Waals surface area contributed by atoms with Gasteiger partial charge in [0, 0.05) is 31.7 Å². The van der Waals surface area contributed by atoms with Crippen LogP contribution in [0.3, 0.4) is 0 Å². The molecule has 2 unspecified atom stereocenters. The molecule has 0 aliphatic carbocycles. The van der Waals surface area contributed by atoms with Gasteiger partial charge in [0.05, 0.1) is 0 Å². The van der Waals surface area contributed by atoms with E-state index in [0.717, 1.165) is 18.0 Å². The Labute approximate surface area is 92.8 Å². The molecule has 1 N–H and O–H groups in total. The molecule has 0 saturated carbocycles. The lowest BCUT2D eigenvalue weighted by Gasteiger charge is -2.51. The average Bonchev–Trinajstić information content (AvgIpc) is 2.31. The zero-order valence-corrected chi connectivity index (χ0v) is 9.78. The number of nitrogens with one attached hydrogen (secondary N) is 1. The predicted molar refractivity (Wildman–Crippen MR) is 62.0 cm³/mol. The first-order valence-corrected chi connectivity index (χ1v) is 6.49. The molecular formula is C12H23N3. The summed E-state index contributed by atoms with van der Waals surface area (Å²) in [4.78, 5) is 5.32. The lowest BCUT2D eigenvalue weighted by Crippen LogP contribution is -2.63. The topological polar surface area (TPSA) is 18.5 Å². The van der Waals surface area contributed by atoms with E-state index < -0.39 is 0 Å². The van der Waals surface area contributed by atoms with Crippen LogP contribution in [0.25, 0.3) is 0 Å². The lowest BCUT2D eigenvalue weighted by atomic mass is 9.80. The Morgan fingerprint density at radius 2 is 1.87 bits per heavy atom. The first kappa shape index (κ1) is 10.1.